The highest BCUT2D eigenvalue weighted by Crippen LogP contribution is 2.26. The van der Waals surface area contributed by atoms with Crippen molar-refractivity contribution in [3.63, 3.8) is 0 Å². The number of carbonyl (C=O) groups is 2. The van der Waals surface area contributed by atoms with E-state index in [4.69, 9.17) is 14.7 Å². The number of hydrogen-bond acceptors (Lipinski definition) is 5. The average Bonchev–Trinajstić information content (AvgIpc) is 3.18. The number of rotatable bonds is 6. The molecule has 1 N–H and O–H groups in total. The van der Waals surface area contributed by atoms with Crippen molar-refractivity contribution in [3.05, 3.63) is 22.8 Å². The first kappa shape index (κ1) is 20.7. The summed E-state index contributed by atoms with van der Waals surface area (Å²) in [5, 5.41) is 3.14. The maximum absolute atomic E-state index is 12.4. The van der Waals surface area contributed by atoms with Gasteiger partial charge in [-0.3, -0.25) is 9.59 Å². The third kappa shape index (κ3) is 5.07. The van der Waals surface area contributed by atoms with Gasteiger partial charge in [-0.25, -0.2) is 9.97 Å². The SMILES string of the molecule is COCC(=O)N1CCCC(c2nc(C)c(CC(=O)NC3CCCC3)c(C)n2)C1. The lowest BCUT2D eigenvalue weighted by atomic mass is 9.96. The van der Waals surface area contributed by atoms with Gasteiger partial charge in [0, 0.05) is 49.1 Å². The number of piperidine rings is 1. The molecule has 0 aromatic carbocycles. The lowest BCUT2D eigenvalue weighted by Crippen LogP contribution is -2.41. The molecular formula is C21H32N4O3. The molecule has 2 fully saturated rings. The van der Waals surface area contributed by atoms with Gasteiger partial charge in [-0.15, -0.1) is 0 Å². The van der Waals surface area contributed by atoms with Gasteiger partial charge in [0.2, 0.25) is 11.8 Å². The average molecular weight is 389 g/mol. The van der Waals surface area contributed by atoms with Crippen LogP contribution in [0.1, 0.15) is 67.2 Å². The minimum Gasteiger partial charge on any atom is -0.375 e. The fraction of sp³-hybridized carbons (Fsp3) is 0.714. The summed E-state index contributed by atoms with van der Waals surface area (Å²) in [5.41, 5.74) is 2.65. The second kappa shape index (κ2) is 9.45. The van der Waals surface area contributed by atoms with Gasteiger partial charge in [-0.05, 0) is 39.5 Å². The molecule has 1 aliphatic carbocycles. The number of nitrogens with one attached hydrogen (secondary N) is 1. The van der Waals surface area contributed by atoms with E-state index in [1.54, 1.807) is 0 Å². The van der Waals surface area contributed by atoms with Crippen molar-refractivity contribution in [1.29, 1.82) is 0 Å². The number of hydrogen-bond donors (Lipinski definition) is 1. The first-order valence-corrected chi connectivity index (χ1v) is 10.4. The molecule has 0 radical (unpaired) electrons. The molecule has 2 heterocycles. The summed E-state index contributed by atoms with van der Waals surface area (Å²) in [6.45, 7) is 5.40. The highest BCUT2D eigenvalue weighted by Gasteiger charge is 2.27. The van der Waals surface area contributed by atoms with Crippen LogP contribution in [0.2, 0.25) is 0 Å². The Bertz CT molecular complexity index is 693. The third-order valence-corrected chi connectivity index (χ3v) is 5.90. The van der Waals surface area contributed by atoms with Crippen molar-refractivity contribution in [3.8, 4) is 0 Å². The summed E-state index contributed by atoms with van der Waals surface area (Å²) in [4.78, 5) is 35.8. The van der Waals surface area contributed by atoms with Gasteiger partial charge in [0.25, 0.3) is 0 Å². The minimum atomic E-state index is 0.0147. The lowest BCUT2D eigenvalue weighted by Gasteiger charge is -2.32. The molecule has 0 bridgehead atoms. The maximum atomic E-state index is 12.4. The molecule has 1 unspecified atom stereocenters. The van der Waals surface area contributed by atoms with Gasteiger partial charge in [0.15, 0.2) is 0 Å². The molecule has 7 nitrogen and oxygen atoms in total. The van der Waals surface area contributed by atoms with Crippen molar-refractivity contribution < 1.29 is 14.3 Å². The largest absolute Gasteiger partial charge is 0.375 e. The molecule has 3 rings (SSSR count). The van der Waals surface area contributed by atoms with E-state index >= 15 is 0 Å². The van der Waals surface area contributed by atoms with Crippen molar-refractivity contribution in [2.45, 2.75) is 70.8 Å². The van der Waals surface area contributed by atoms with Crippen LogP contribution in [0.4, 0.5) is 0 Å². The van der Waals surface area contributed by atoms with Gasteiger partial charge in [-0.1, -0.05) is 12.8 Å². The number of ether oxygens (including phenoxy) is 1. The third-order valence-electron chi connectivity index (χ3n) is 5.90. The summed E-state index contributed by atoms with van der Waals surface area (Å²) >= 11 is 0. The number of likely N-dealkylation sites (tertiary alicyclic amines) is 1. The summed E-state index contributed by atoms with van der Waals surface area (Å²) < 4.78 is 4.98. The molecule has 28 heavy (non-hydrogen) atoms. The number of aryl methyl sites for hydroxylation is 2. The highest BCUT2D eigenvalue weighted by molar-refractivity contribution is 5.79. The van der Waals surface area contributed by atoms with Gasteiger partial charge < -0.3 is 15.0 Å². The summed E-state index contributed by atoms with van der Waals surface area (Å²) in [6, 6.07) is 0.325. The standard InChI is InChI=1S/C21H32N4O3/c1-14-18(11-19(26)24-17-8-4-5-9-17)15(2)23-21(22-14)16-7-6-10-25(12-16)20(27)13-28-3/h16-17H,4-13H2,1-3H3,(H,24,26). The number of methoxy groups -OCH3 is 1. The molecule has 1 saturated carbocycles. The Kier molecular flexibility index (Phi) is 6.99. The fourth-order valence-corrected chi connectivity index (χ4v) is 4.34. The zero-order valence-corrected chi connectivity index (χ0v) is 17.3. The summed E-state index contributed by atoms with van der Waals surface area (Å²) in [7, 11) is 1.54. The molecule has 0 spiro atoms. The Balaban J connectivity index is 1.67. The molecule has 2 amide bonds. The van der Waals surface area contributed by atoms with Crippen molar-refractivity contribution >= 4 is 11.8 Å². The second-order valence-electron chi connectivity index (χ2n) is 8.07. The molecule has 1 saturated heterocycles. The van der Waals surface area contributed by atoms with Gasteiger partial charge in [-0.2, -0.15) is 0 Å². The van der Waals surface area contributed by atoms with E-state index in [1.807, 2.05) is 18.7 Å². The lowest BCUT2D eigenvalue weighted by molar-refractivity contribution is -0.136. The molecule has 1 aliphatic heterocycles. The van der Waals surface area contributed by atoms with E-state index in [0.29, 0.717) is 19.0 Å². The predicted octanol–water partition coefficient (Wildman–Crippen LogP) is 2.05. The van der Waals surface area contributed by atoms with Gasteiger partial charge in [0.05, 0.1) is 6.42 Å². The van der Waals surface area contributed by atoms with Crippen molar-refractivity contribution in [1.82, 2.24) is 20.2 Å². The number of nitrogens with zero attached hydrogens (tertiary/aromatic N) is 3. The fourth-order valence-electron chi connectivity index (χ4n) is 4.34. The topological polar surface area (TPSA) is 84.4 Å². The minimum absolute atomic E-state index is 0.0147. The van der Waals surface area contributed by atoms with E-state index < -0.39 is 0 Å². The van der Waals surface area contributed by atoms with Crippen LogP contribution >= 0.6 is 0 Å². The first-order valence-electron chi connectivity index (χ1n) is 10.4. The van der Waals surface area contributed by atoms with Crippen LogP contribution in [0.3, 0.4) is 0 Å². The molecule has 1 aromatic heterocycles. The zero-order chi connectivity index (χ0) is 20.1. The van der Waals surface area contributed by atoms with E-state index in [9.17, 15) is 9.59 Å². The molecule has 7 heteroatoms. The van der Waals surface area contributed by atoms with Crippen LogP contribution in [0.5, 0.6) is 0 Å². The molecule has 1 atom stereocenters. The van der Waals surface area contributed by atoms with E-state index in [0.717, 1.165) is 55.0 Å². The smallest absolute Gasteiger partial charge is 0.248 e. The molecule has 1 aromatic rings. The highest BCUT2D eigenvalue weighted by atomic mass is 16.5. The second-order valence-corrected chi connectivity index (χ2v) is 8.07. The number of aromatic nitrogens is 2. The Labute approximate surface area is 167 Å². The first-order chi connectivity index (χ1) is 13.5. The van der Waals surface area contributed by atoms with Gasteiger partial charge in [0.1, 0.15) is 12.4 Å². The molecule has 154 valence electrons. The molecular weight excluding hydrogens is 356 g/mol. The molecule has 2 aliphatic rings. The van der Waals surface area contributed by atoms with E-state index in [1.165, 1.54) is 20.0 Å². The normalized spacial score (nSPS) is 20.4. The predicted molar refractivity (Wildman–Crippen MR) is 106 cm³/mol. The quantitative estimate of drug-likeness (QED) is 0.806. The van der Waals surface area contributed by atoms with Crippen LogP contribution in [-0.2, 0) is 20.7 Å². The Morgan fingerprint density at radius 1 is 1.11 bits per heavy atom. The van der Waals surface area contributed by atoms with Crippen molar-refractivity contribution in [2.75, 3.05) is 26.8 Å². The Hall–Kier alpha value is -2.02. The number of carbonyl (C=O) groups excluding carboxylic acids is 2. The van der Waals surface area contributed by atoms with Crippen LogP contribution in [-0.4, -0.2) is 59.5 Å². The Morgan fingerprint density at radius 3 is 2.43 bits per heavy atom. The number of amides is 2. The Morgan fingerprint density at radius 2 is 1.79 bits per heavy atom. The van der Waals surface area contributed by atoms with Crippen LogP contribution in [0.25, 0.3) is 0 Å². The van der Waals surface area contributed by atoms with Crippen molar-refractivity contribution in [2.24, 2.45) is 0 Å². The zero-order valence-electron chi connectivity index (χ0n) is 17.3. The van der Waals surface area contributed by atoms with E-state index in [-0.39, 0.29) is 24.3 Å². The van der Waals surface area contributed by atoms with Gasteiger partial charge >= 0.3 is 0 Å². The monoisotopic (exact) mass is 388 g/mol. The maximum Gasteiger partial charge on any atom is 0.248 e. The van der Waals surface area contributed by atoms with Crippen LogP contribution < -0.4 is 5.32 Å². The van der Waals surface area contributed by atoms with Crippen LogP contribution in [0.15, 0.2) is 0 Å². The summed E-state index contributed by atoms with van der Waals surface area (Å²) in [6.07, 6.45) is 6.80. The summed E-state index contributed by atoms with van der Waals surface area (Å²) in [5.74, 6) is 0.988. The van der Waals surface area contributed by atoms with Crippen LogP contribution in [0, 0.1) is 13.8 Å². The van der Waals surface area contributed by atoms with E-state index in [2.05, 4.69) is 5.32 Å².